The Balaban J connectivity index is 2.15. The van der Waals surface area contributed by atoms with Crippen LogP contribution in [0.5, 0.6) is 0 Å². The highest BCUT2D eigenvalue weighted by molar-refractivity contribution is 5.27. The van der Waals surface area contributed by atoms with Gasteiger partial charge in [-0.25, -0.2) is 4.39 Å². The second kappa shape index (κ2) is 4.88. The second-order valence-electron chi connectivity index (χ2n) is 4.78. The monoisotopic (exact) mass is 261 g/mol. The molecule has 2 unspecified atom stereocenters. The van der Waals surface area contributed by atoms with E-state index in [-0.39, 0.29) is 24.7 Å². The van der Waals surface area contributed by atoms with E-state index in [0.29, 0.717) is 12.1 Å². The summed E-state index contributed by atoms with van der Waals surface area (Å²) in [4.78, 5) is 0. The van der Waals surface area contributed by atoms with E-state index < -0.39 is 12.1 Å². The summed E-state index contributed by atoms with van der Waals surface area (Å²) >= 11 is 0. The van der Waals surface area contributed by atoms with Gasteiger partial charge >= 0.3 is 6.18 Å². The molecule has 100 valence electrons. The predicted molar refractivity (Wildman–Crippen MR) is 60.7 cm³/mol. The third kappa shape index (κ3) is 2.83. The molecular weight excluding hydrogens is 246 g/mol. The minimum atomic E-state index is -4.14. The van der Waals surface area contributed by atoms with E-state index in [9.17, 15) is 17.6 Å². The smallest absolute Gasteiger partial charge is 0.310 e. The molecule has 1 N–H and O–H groups in total. The topological polar surface area (TPSA) is 12.0 Å². The van der Waals surface area contributed by atoms with Crippen LogP contribution in [0.2, 0.25) is 0 Å². The molecular formula is C13H15F4N. The summed E-state index contributed by atoms with van der Waals surface area (Å²) < 4.78 is 51.2. The van der Waals surface area contributed by atoms with Crippen molar-refractivity contribution in [3.05, 3.63) is 35.1 Å². The van der Waals surface area contributed by atoms with Gasteiger partial charge in [0.2, 0.25) is 0 Å². The first-order valence-corrected chi connectivity index (χ1v) is 5.94. The molecule has 1 aliphatic rings. The number of nitrogens with one attached hydrogen (secondary N) is 1. The maximum Gasteiger partial charge on any atom is 0.391 e. The molecule has 2 rings (SSSR count). The maximum atomic E-state index is 13.1. The van der Waals surface area contributed by atoms with Gasteiger partial charge in [0.05, 0.1) is 5.92 Å². The van der Waals surface area contributed by atoms with E-state index in [0.717, 1.165) is 5.56 Å². The number of hydrogen-bond acceptors (Lipinski definition) is 1. The average Bonchev–Trinajstić information content (AvgIpc) is 2.32. The third-order valence-electron chi connectivity index (χ3n) is 3.45. The highest BCUT2D eigenvalue weighted by atomic mass is 19.4. The fraction of sp³-hybridized carbons (Fsp3) is 0.538. The number of halogens is 4. The van der Waals surface area contributed by atoms with Crippen molar-refractivity contribution >= 4 is 0 Å². The van der Waals surface area contributed by atoms with Crippen LogP contribution in [0.3, 0.4) is 0 Å². The van der Waals surface area contributed by atoms with E-state index in [4.69, 9.17) is 0 Å². The standard InChI is InChI=1S/C13H15F4N/c1-8-6-9(2-3-11(8)14)12-7-10(4-5-18-12)13(15,16)17/h2-3,6,10,12,18H,4-5,7H2,1H3. The molecule has 1 fully saturated rings. The molecule has 1 saturated heterocycles. The van der Waals surface area contributed by atoms with Crippen molar-refractivity contribution in [2.75, 3.05) is 6.54 Å². The van der Waals surface area contributed by atoms with Gasteiger partial charge in [-0.05, 0) is 43.5 Å². The van der Waals surface area contributed by atoms with Gasteiger partial charge in [0.15, 0.2) is 0 Å². The predicted octanol–water partition coefficient (Wildman–Crippen LogP) is 3.74. The molecule has 1 nitrogen and oxygen atoms in total. The summed E-state index contributed by atoms with van der Waals surface area (Å²) in [5.41, 5.74) is 1.19. The summed E-state index contributed by atoms with van der Waals surface area (Å²) in [5.74, 6) is -1.60. The van der Waals surface area contributed by atoms with Crippen LogP contribution in [0.15, 0.2) is 18.2 Å². The lowest BCUT2D eigenvalue weighted by Gasteiger charge is -2.32. The van der Waals surface area contributed by atoms with Gasteiger partial charge in [0.25, 0.3) is 0 Å². The zero-order chi connectivity index (χ0) is 13.3. The number of piperidine rings is 1. The van der Waals surface area contributed by atoms with Crippen LogP contribution in [0.25, 0.3) is 0 Å². The minimum Gasteiger partial charge on any atom is -0.310 e. The minimum absolute atomic E-state index is 0.0224. The Labute approximate surface area is 103 Å². The van der Waals surface area contributed by atoms with Crippen LogP contribution < -0.4 is 5.32 Å². The summed E-state index contributed by atoms with van der Waals surface area (Å²) in [6.07, 6.45) is -4.01. The molecule has 0 saturated carbocycles. The first kappa shape index (κ1) is 13.3. The van der Waals surface area contributed by atoms with Crippen LogP contribution in [-0.2, 0) is 0 Å². The molecule has 0 spiro atoms. The van der Waals surface area contributed by atoms with Crippen molar-refractivity contribution in [2.45, 2.75) is 32.0 Å². The third-order valence-corrected chi connectivity index (χ3v) is 3.45. The van der Waals surface area contributed by atoms with Crippen molar-refractivity contribution in [3.8, 4) is 0 Å². The van der Waals surface area contributed by atoms with Crippen LogP contribution in [0, 0.1) is 18.7 Å². The van der Waals surface area contributed by atoms with Crippen LogP contribution in [0.1, 0.15) is 30.0 Å². The van der Waals surface area contributed by atoms with Gasteiger partial charge < -0.3 is 5.32 Å². The number of alkyl halides is 3. The molecule has 0 amide bonds. The van der Waals surface area contributed by atoms with Crippen LogP contribution >= 0.6 is 0 Å². The van der Waals surface area contributed by atoms with E-state index >= 15 is 0 Å². The molecule has 5 heteroatoms. The van der Waals surface area contributed by atoms with E-state index in [1.165, 1.54) is 6.07 Å². The Bertz CT molecular complexity index is 427. The normalized spacial score (nSPS) is 25.2. The average molecular weight is 261 g/mol. The Morgan fingerprint density at radius 1 is 1.28 bits per heavy atom. The van der Waals surface area contributed by atoms with Gasteiger partial charge in [-0.2, -0.15) is 13.2 Å². The fourth-order valence-electron chi connectivity index (χ4n) is 2.35. The largest absolute Gasteiger partial charge is 0.391 e. The molecule has 1 aromatic carbocycles. The zero-order valence-electron chi connectivity index (χ0n) is 10.0. The van der Waals surface area contributed by atoms with Crippen molar-refractivity contribution in [1.29, 1.82) is 0 Å². The maximum absolute atomic E-state index is 13.1. The van der Waals surface area contributed by atoms with E-state index in [2.05, 4.69) is 5.32 Å². The number of hydrogen-bond donors (Lipinski definition) is 1. The Morgan fingerprint density at radius 2 is 2.00 bits per heavy atom. The SMILES string of the molecule is Cc1cc(C2CC(C(F)(F)F)CCN2)ccc1F. The highest BCUT2D eigenvalue weighted by Gasteiger charge is 2.42. The number of benzene rings is 1. The second-order valence-corrected chi connectivity index (χ2v) is 4.78. The van der Waals surface area contributed by atoms with Gasteiger partial charge in [0, 0.05) is 6.04 Å². The van der Waals surface area contributed by atoms with E-state index in [1.54, 1.807) is 19.1 Å². The van der Waals surface area contributed by atoms with Gasteiger partial charge in [-0.1, -0.05) is 12.1 Å². The molecule has 2 atom stereocenters. The summed E-state index contributed by atoms with van der Waals surface area (Å²) in [7, 11) is 0. The zero-order valence-corrected chi connectivity index (χ0v) is 10.0. The van der Waals surface area contributed by atoms with Crippen molar-refractivity contribution in [1.82, 2.24) is 5.32 Å². The molecule has 0 radical (unpaired) electrons. The quantitative estimate of drug-likeness (QED) is 0.759. The molecule has 0 aromatic heterocycles. The fourth-order valence-corrected chi connectivity index (χ4v) is 2.35. The van der Waals surface area contributed by atoms with Crippen molar-refractivity contribution in [2.24, 2.45) is 5.92 Å². The number of aryl methyl sites for hydroxylation is 1. The molecule has 0 bridgehead atoms. The van der Waals surface area contributed by atoms with Gasteiger partial charge in [0.1, 0.15) is 5.82 Å². The van der Waals surface area contributed by atoms with Crippen LogP contribution in [-0.4, -0.2) is 12.7 Å². The van der Waals surface area contributed by atoms with Crippen LogP contribution in [0.4, 0.5) is 17.6 Å². The van der Waals surface area contributed by atoms with Gasteiger partial charge in [-0.3, -0.25) is 0 Å². The lowest BCUT2D eigenvalue weighted by molar-refractivity contribution is -0.183. The first-order valence-electron chi connectivity index (χ1n) is 5.94. The highest BCUT2D eigenvalue weighted by Crippen LogP contribution is 2.38. The lowest BCUT2D eigenvalue weighted by Crippen LogP contribution is -2.38. The molecule has 1 heterocycles. The summed E-state index contributed by atoms with van der Waals surface area (Å²) in [6, 6.07) is 4.14. The van der Waals surface area contributed by atoms with Crippen molar-refractivity contribution < 1.29 is 17.6 Å². The Hall–Kier alpha value is -1.10. The van der Waals surface area contributed by atoms with E-state index in [1.807, 2.05) is 0 Å². The molecule has 1 aliphatic heterocycles. The molecule has 18 heavy (non-hydrogen) atoms. The molecule has 1 aromatic rings. The molecule has 0 aliphatic carbocycles. The number of rotatable bonds is 1. The Morgan fingerprint density at radius 3 is 2.61 bits per heavy atom. The van der Waals surface area contributed by atoms with Gasteiger partial charge in [-0.15, -0.1) is 0 Å². The Kier molecular flexibility index (Phi) is 3.61. The lowest BCUT2D eigenvalue weighted by atomic mass is 9.88. The summed E-state index contributed by atoms with van der Waals surface area (Å²) in [6.45, 7) is 1.95. The van der Waals surface area contributed by atoms with Crippen molar-refractivity contribution in [3.63, 3.8) is 0 Å². The summed E-state index contributed by atoms with van der Waals surface area (Å²) in [5, 5.41) is 3.06. The first-order chi connectivity index (χ1) is 8.38.